The number of amides is 2. The highest BCUT2D eigenvalue weighted by Crippen LogP contribution is 2.28. The smallest absolute Gasteiger partial charge is 0.276 e. The van der Waals surface area contributed by atoms with Gasteiger partial charge in [-0.1, -0.05) is 22.9 Å². The van der Waals surface area contributed by atoms with Crippen LogP contribution < -0.4 is 20.3 Å². The van der Waals surface area contributed by atoms with Gasteiger partial charge in [0.25, 0.3) is 11.8 Å². The Labute approximate surface area is 174 Å². The molecule has 0 saturated carbocycles. The lowest BCUT2D eigenvalue weighted by atomic mass is 10.2. The van der Waals surface area contributed by atoms with Crippen molar-refractivity contribution in [2.45, 2.75) is 26.4 Å². The van der Waals surface area contributed by atoms with E-state index in [0.717, 1.165) is 10.9 Å². The second kappa shape index (κ2) is 10.3. The molecule has 0 spiro atoms. The Kier molecular flexibility index (Phi) is 8.12. The first-order chi connectivity index (χ1) is 12.9. The number of hydrogen-bond donors (Lipinski definition) is 2. The van der Waals surface area contributed by atoms with Gasteiger partial charge in [0.05, 0.1) is 10.6 Å². The maximum absolute atomic E-state index is 12.1. The number of ether oxygens (including phenoxy) is 2. The minimum Gasteiger partial charge on any atom is -0.491 e. The fourth-order valence-electron chi connectivity index (χ4n) is 1.97. The molecule has 6 nitrogen and oxygen atoms in total. The van der Waals surface area contributed by atoms with Crippen LogP contribution in [0.4, 0.5) is 0 Å². The molecule has 0 aliphatic rings. The monoisotopic (exact) mass is 498 g/mol. The Morgan fingerprint density at radius 2 is 1.78 bits per heavy atom. The predicted octanol–water partition coefficient (Wildman–Crippen LogP) is 4.23. The van der Waals surface area contributed by atoms with Gasteiger partial charge in [0.2, 0.25) is 0 Å². The Morgan fingerprint density at radius 3 is 2.41 bits per heavy atom. The van der Waals surface area contributed by atoms with E-state index in [-0.39, 0.29) is 12.7 Å². The third-order valence-electron chi connectivity index (χ3n) is 3.60. The summed E-state index contributed by atoms with van der Waals surface area (Å²) in [4.78, 5) is 23.9. The molecule has 0 heterocycles. The lowest BCUT2D eigenvalue weighted by Gasteiger charge is -2.13. The molecule has 2 N–H and O–H groups in total. The zero-order valence-electron chi connectivity index (χ0n) is 14.9. The van der Waals surface area contributed by atoms with Crippen LogP contribution in [0.1, 0.15) is 30.6 Å². The lowest BCUT2D eigenvalue weighted by Crippen LogP contribution is -2.43. The van der Waals surface area contributed by atoms with Crippen molar-refractivity contribution in [3.8, 4) is 11.5 Å². The fourth-order valence-corrected chi connectivity index (χ4v) is 3.13. The summed E-state index contributed by atoms with van der Waals surface area (Å²) < 4.78 is 12.7. The van der Waals surface area contributed by atoms with Crippen molar-refractivity contribution in [3.63, 3.8) is 0 Å². The van der Waals surface area contributed by atoms with Crippen molar-refractivity contribution in [1.82, 2.24) is 10.9 Å². The number of hydrazine groups is 1. The molecule has 0 radical (unpaired) electrons. The van der Waals surface area contributed by atoms with Gasteiger partial charge in [-0.25, -0.2) is 0 Å². The van der Waals surface area contributed by atoms with Crippen LogP contribution in [0.2, 0.25) is 0 Å². The standard InChI is InChI=1S/C19H20Br2N2O4/c1-3-12(2)27-15-7-4-13(5-8-15)19(25)23-22-18(24)11-26-17-9-6-14(20)10-16(17)21/h4-10,12H,3,11H2,1-2H3,(H,22,24)(H,23,25). The number of carbonyl (C=O) groups excluding carboxylic acids is 2. The van der Waals surface area contributed by atoms with Crippen LogP contribution in [-0.4, -0.2) is 24.5 Å². The summed E-state index contributed by atoms with van der Waals surface area (Å²) in [6.07, 6.45) is 1.00. The Bertz CT molecular complexity index is 797. The van der Waals surface area contributed by atoms with E-state index in [9.17, 15) is 9.59 Å². The van der Waals surface area contributed by atoms with Gasteiger partial charge >= 0.3 is 0 Å². The summed E-state index contributed by atoms with van der Waals surface area (Å²) in [5.41, 5.74) is 5.08. The summed E-state index contributed by atoms with van der Waals surface area (Å²) in [7, 11) is 0. The van der Waals surface area contributed by atoms with E-state index in [0.29, 0.717) is 21.5 Å². The maximum Gasteiger partial charge on any atom is 0.276 e. The quantitative estimate of drug-likeness (QED) is 0.559. The van der Waals surface area contributed by atoms with Gasteiger partial charge in [0, 0.05) is 10.0 Å². The summed E-state index contributed by atoms with van der Waals surface area (Å²) in [6, 6.07) is 12.0. The Hall–Kier alpha value is -2.06. The number of rotatable bonds is 7. The highest BCUT2D eigenvalue weighted by atomic mass is 79.9. The normalized spacial score (nSPS) is 11.4. The van der Waals surface area contributed by atoms with E-state index >= 15 is 0 Å². The van der Waals surface area contributed by atoms with Crippen LogP contribution in [0.15, 0.2) is 51.4 Å². The topological polar surface area (TPSA) is 76.7 Å². The zero-order chi connectivity index (χ0) is 19.8. The van der Waals surface area contributed by atoms with Gasteiger partial charge < -0.3 is 9.47 Å². The molecular weight excluding hydrogens is 480 g/mol. The fraction of sp³-hybridized carbons (Fsp3) is 0.263. The first-order valence-electron chi connectivity index (χ1n) is 8.32. The summed E-state index contributed by atoms with van der Waals surface area (Å²) in [6.45, 7) is 3.78. The molecule has 0 saturated heterocycles. The van der Waals surface area contributed by atoms with Crippen molar-refractivity contribution in [3.05, 3.63) is 57.0 Å². The molecule has 0 aromatic heterocycles. The van der Waals surface area contributed by atoms with E-state index in [1.54, 1.807) is 36.4 Å². The average Bonchev–Trinajstić information content (AvgIpc) is 2.65. The van der Waals surface area contributed by atoms with E-state index in [4.69, 9.17) is 9.47 Å². The van der Waals surface area contributed by atoms with Crippen molar-refractivity contribution >= 4 is 43.7 Å². The Morgan fingerprint density at radius 1 is 1.07 bits per heavy atom. The molecule has 1 unspecified atom stereocenters. The number of halogens is 2. The van der Waals surface area contributed by atoms with Gasteiger partial charge in [0.1, 0.15) is 11.5 Å². The van der Waals surface area contributed by atoms with Crippen LogP contribution >= 0.6 is 31.9 Å². The molecule has 2 amide bonds. The zero-order valence-corrected chi connectivity index (χ0v) is 18.1. The third-order valence-corrected chi connectivity index (χ3v) is 4.71. The predicted molar refractivity (Wildman–Crippen MR) is 110 cm³/mol. The minimum absolute atomic E-state index is 0.106. The second-order valence-electron chi connectivity index (χ2n) is 5.73. The largest absolute Gasteiger partial charge is 0.491 e. The molecule has 8 heteroatoms. The molecule has 0 bridgehead atoms. The number of hydrogen-bond acceptors (Lipinski definition) is 4. The molecule has 2 aromatic rings. The average molecular weight is 500 g/mol. The van der Waals surface area contributed by atoms with Crippen molar-refractivity contribution < 1.29 is 19.1 Å². The van der Waals surface area contributed by atoms with Gasteiger partial charge in [-0.15, -0.1) is 0 Å². The van der Waals surface area contributed by atoms with E-state index in [1.807, 2.05) is 19.9 Å². The lowest BCUT2D eigenvalue weighted by molar-refractivity contribution is -0.123. The highest BCUT2D eigenvalue weighted by Gasteiger charge is 2.10. The number of carbonyl (C=O) groups is 2. The van der Waals surface area contributed by atoms with Crippen molar-refractivity contribution in [2.24, 2.45) is 0 Å². The van der Waals surface area contributed by atoms with Gasteiger partial charge in [-0.05, 0) is 71.7 Å². The highest BCUT2D eigenvalue weighted by molar-refractivity contribution is 9.11. The molecular formula is C19H20Br2N2O4. The molecule has 1 atom stereocenters. The van der Waals surface area contributed by atoms with E-state index < -0.39 is 11.8 Å². The molecule has 0 aliphatic heterocycles. The number of nitrogens with one attached hydrogen (secondary N) is 2. The van der Waals surface area contributed by atoms with Gasteiger partial charge in [-0.3, -0.25) is 20.4 Å². The first-order valence-corrected chi connectivity index (χ1v) is 9.91. The molecule has 2 aromatic carbocycles. The van der Waals surface area contributed by atoms with Crippen molar-refractivity contribution in [1.29, 1.82) is 0 Å². The van der Waals surface area contributed by atoms with E-state index in [2.05, 4.69) is 42.7 Å². The molecule has 0 fully saturated rings. The third kappa shape index (κ3) is 6.88. The van der Waals surface area contributed by atoms with Crippen LogP contribution in [0.25, 0.3) is 0 Å². The maximum atomic E-state index is 12.1. The van der Waals surface area contributed by atoms with Gasteiger partial charge in [-0.2, -0.15) is 0 Å². The summed E-state index contributed by atoms with van der Waals surface area (Å²) >= 11 is 6.69. The van der Waals surface area contributed by atoms with E-state index in [1.165, 1.54) is 0 Å². The first kappa shape index (κ1) is 21.2. The molecule has 144 valence electrons. The van der Waals surface area contributed by atoms with Crippen LogP contribution in [0, 0.1) is 0 Å². The minimum atomic E-state index is -0.477. The summed E-state index contributed by atoms with van der Waals surface area (Å²) in [5, 5.41) is 0. The molecule has 0 aliphatic carbocycles. The summed E-state index contributed by atoms with van der Waals surface area (Å²) in [5.74, 6) is 0.313. The molecule has 27 heavy (non-hydrogen) atoms. The Balaban J connectivity index is 1.79. The molecule has 2 rings (SSSR count). The van der Waals surface area contributed by atoms with Crippen LogP contribution in [0.5, 0.6) is 11.5 Å². The van der Waals surface area contributed by atoms with Gasteiger partial charge in [0.15, 0.2) is 6.61 Å². The number of benzene rings is 2. The van der Waals surface area contributed by atoms with Crippen LogP contribution in [0.3, 0.4) is 0 Å². The second-order valence-corrected chi connectivity index (χ2v) is 7.50. The van der Waals surface area contributed by atoms with Crippen LogP contribution in [-0.2, 0) is 4.79 Å². The SMILES string of the molecule is CCC(C)Oc1ccc(C(=O)NNC(=O)COc2ccc(Br)cc2Br)cc1. The van der Waals surface area contributed by atoms with Crippen molar-refractivity contribution in [2.75, 3.05) is 6.61 Å².